The average molecular weight is 237 g/mol. The summed E-state index contributed by atoms with van der Waals surface area (Å²) < 4.78 is 0. The Balaban J connectivity index is 2.40. The molecule has 0 aliphatic heterocycles. The number of thiocarbonyl (C=S) groups is 1. The van der Waals surface area contributed by atoms with Gasteiger partial charge >= 0.3 is 0 Å². The molecular formula is C12H19N3S. The predicted molar refractivity (Wildman–Crippen MR) is 71.1 cm³/mol. The molecule has 0 bridgehead atoms. The quantitative estimate of drug-likeness (QED) is 0.811. The Morgan fingerprint density at radius 3 is 2.88 bits per heavy atom. The molecule has 0 radical (unpaired) electrons. The molecule has 3 nitrogen and oxygen atoms in total. The summed E-state index contributed by atoms with van der Waals surface area (Å²) in [6, 6.07) is 3.99. The SMILES string of the molecule is CC(C)CNC(=S)N(C)Cc1cccnc1. The van der Waals surface area contributed by atoms with E-state index in [9.17, 15) is 0 Å². The third kappa shape index (κ3) is 4.57. The second kappa shape index (κ2) is 6.43. The van der Waals surface area contributed by atoms with Gasteiger partial charge in [-0.2, -0.15) is 0 Å². The van der Waals surface area contributed by atoms with Gasteiger partial charge in [0, 0.05) is 32.5 Å². The number of nitrogens with one attached hydrogen (secondary N) is 1. The van der Waals surface area contributed by atoms with Crippen molar-refractivity contribution in [2.24, 2.45) is 5.92 Å². The molecule has 1 rings (SSSR count). The first-order valence-electron chi connectivity index (χ1n) is 5.47. The second-order valence-corrected chi connectivity index (χ2v) is 4.68. The Kier molecular flexibility index (Phi) is 5.19. The molecule has 0 aliphatic rings. The van der Waals surface area contributed by atoms with Gasteiger partial charge in [-0.15, -0.1) is 0 Å². The van der Waals surface area contributed by atoms with Crippen molar-refractivity contribution < 1.29 is 0 Å². The molecule has 0 amide bonds. The first-order chi connectivity index (χ1) is 7.59. The zero-order valence-corrected chi connectivity index (χ0v) is 10.9. The summed E-state index contributed by atoms with van der Waals surface area (Å²) in [5.74, 6) is 0.602. The Labute approximate surface area is 103 Å². The molecule has 0 fully saturated rings. The van der Waals surface area contributed by atoms with E-state index in [1.807, 2.05) is 24.2 Å². The molecule has 1 N–H and O–H groups in total. The smallest absolute Gasteiger partial charge is 0.168 e. The van der Waals surface area contributed by atoms with Crippen LogP contribution >= 0.6 is 12.2 Å². The van der Waals surface area contributed by atoms with Crippen LogP contribution in [0.1, 0.15) is 19.4 Å². The number of pyridine rings is 1. The van der Waals surface area contributed by atoms with Gasteiger partial charge in [0.05, 0.1) is 0 Å². The van der Waals surface area contributed by atoms with E-state index in [0.29, 0.717) is 5.92 Å². The van der Waals surface area contributed by atoms with Crippen molar-refractivity contribution in [1.82, 2.24) is 15.2 Å². The number of aromatic nitrogens is 1. The zero-order valence-electron chi connectivity index (χ0n) is 10.1. The minimum Gasteiger partial charge on any atom is -0.362 e. The van der Waals surface area contributed by atoms with Gasteiger partial charge in [-0.05, 0) is 29.8 Å². The van der Waals surface area contributed by atoms with Gasteiger partial charge in [-0.25, -0.2) is 0 Å². The summed E-state index contributed by atoms with van der Waals surface area (Å²) in [6.45, 7) is 6.03. The third-order valence-electron chi connectivity index (χ3n) is 2.15. The molecule has 0 aliphatic carbocycles. The maximum Gasteiger partial charge on any atom is 0.168 e. The van der Waals surface area contributed by atoms with Gasteiger partial charge in [0.15, 0.2) is 5.11 Å². The van der Waals surface area contributed by atoms with Crippen LogP contribution in [-0.4, -0.2) is 28.6 Å². The predicted octanol–water partition coefficient (Wildman–Crippen LogP) is 2.04. The van der Waals surface area contributed by atoms with Gasteiger partial charge in [-0.3, -0.25) is 4.98 Å². The van der Waals surface area contributed by atoms with Gasteiger partial charge in [0.1, 0.15) is 0 Å². The van der Waals surface area contributed by atoms with Crippen LogP contribution in [0.25, 0.3) is 0 Å². The molecular weight excluding hydrogens is 218 g/mol. The lowest BCUT2D eigenvalue weighted by atomic mass is 10.2. The summed E-state index contributed by atoms with van der Waals surface area (Å²) in [5.41, 5.74) is 1.17. The maximum absolute atomic E-state index is 5.29. The highest BCUT2D eigenvalue weighted by molar-refractivity contribution is 7.80. The van der Waals surface area contributed by atoms with Crippen molar-refractivity contribution in [1.29, 1.82) is 0 Å². The summed E-state index contributed by atoms with van der Waals surface area (Å²) in [6.07, 6.45) is 3.64. The monoisotopic (exact) mass is 237 g/mol. The largest absolute Gasteiger partial charge is 0.362 e. The Morgan fingerprint density at radius 1 is 1.56 bits per heavy atom. The first-order valence-corrected chi connectivity index (χ1v) is 5.88. The first kappa shape index (κ1) is 12.9. The van der Waals surface area contributed by atoms with E-state index in [1.165, 1.54) is 5.56 Å². The number of nitrogens with zero attached hydrogens (tertiary/aromatic N) is 2. The van der Waals surface area contributed by atoms with Gasteiger partial charge in [0.25, 0.3) is 0 Å². The fourth-order valence-corrected chi connectivity index (χ4v) is 1.41. The minimum atomic E-state index is 0.602. The molecule has 1 heterocycles. The Morgan fingerprint density at radius 2 is 2.31 bits per heavy atom. The van der Waals surface area contributed by atoms with Gasteiger partial charge in [0.2, 0.25) is 0 Å². The van der Waals surface area contributed by atoms with Crippen LogP contribution in [0.3, 0.4) is 0 Å². The number of rotatable bonds is 4. The van der Waals surface area contributed by atoms with Crippen LogP contribution < -0.4 is 5.32 Å². The van der Waals surface area contributed by atoms with Crippen LogP contribution in [0.15, 0.2) is 24.5 Å². The highest BCUT2D eigenvalue weighted by Gasteiger charge is 2.05. The topological polar surface area (TPSA) is 28.2 Å². The Hall–Kier alpha value is -1.16. The minimum absolute atomic E-state index is 0.602. The van der Waals surface area contributed by atoms with Gasteiger partial charge < -0.3 is 10.2 Å². The van der Waals surface area contributed by atoms with E-state index >= 15 is 0 Å². The van der Waals surface area contributed by atoms with Crippen LogP contribution in [0.2, 0.25) is 0 Å². The van der Waals surface area contributed by atoms with Crippen LogP contribution in [0, 0.1) is 5.92 Å². The van der Waals surface area contributed by atoms with E-state index in [4.69, 9.17) is 12.2 Å². The van der Waals surface area contributed by atoms with E-state index < -0.39 is 0 Å². The van der Waals surface area contributed by atoms with Crippen molar-refractivity contribution in [3.63, 3.8) is 0 Å². The average Bonchev–Trinajstić information content (AvgIpc) is 2.27. The molecule has 0 saturated heterocycles. The van der Waals surface area contributed by atoms with Crippen molar-refractivity contribution in [3.8, 4) is 0 Å². The number of hydrogen-bond acceptors (Lipinski definition) is 2. The van der Waals surface area contributed by atoms with Crippen LogP contribution in [0.4, 0.5) is 0 Å². The summed E-state index contributed by atoms with van der Waals surface area (Å²) in [4.78, 5) is 6.10. The second-order valence-electron chi connectivity index (χ2n) is 4.30. The standard InChI is InChI=1S/C12H19N3S/c1-10(2)7-14-12(16)15(3)9-11-5-4-6-13-8-11/h4-6,8,10H,7,9H2,1-3H3,(H,14,16). The van der Waals surface area contributed by atoms with Crippen molar-refractivity contribution in [2.75, 3.05) is 13.6 Å². The lowest BCUT2D eigenvalue weighted by Gasteiger charge is -2.21. The molecule has 16 heavy (non-hydrogen) atoms. The van der Waals surface area contributed by atoms with Crippen LogP contribution in [0.5, 0.6) is 0 Å². The molecule has 1 aromatic rings. The van der Waals surface area contributed by atoms with E-state index in [2.05, 4.69) is 30.2 Å². The molecule has 0 aromatic carbocycles. The highest BCUT2D eigenvalue weighted by Crippen LogP contribution is 2.01. The summed E-state index contributed by atoms with van der Waals surface area (Å²) in [5, 5.41) is 4.03. The number of hydrogen-bond donors (Lipinski definition) is 1. The maximum atomic E-state index is 5.29. The van der Waals surface area contributed by atoms with Crippen molar-refractivity contribution in [2.45, 2.75) is 20.4 Å². The van der Waals surface area contributed by atoms with E-state index in [0.717, 1.165) is 18.2 Å². The highest BCUT2D eigenvalue weighted by atomic mass is 32.1. The normalized spacial score (nSPS) is 10.2. The fourth-order valence-electron chi connectivity index (χ4n) is 1.26. The van der Waals surface area contributed by atoms with Crippen molar-refractivity contribution in [3.05, 3.63) is 30.1 Å². The molecule has 0 spiro atoms. The lowest BCUT2D eigenvalue weighted by molar-refractivity contribution is 0.479. The van der Waals surface area contributed by atoms with Gasteiger partial charge in [-0.1, -0.05) is 19.9 Å². The summed E-state index contributed by atoms with van der Waals surface area (Å²) >= 11 is 5.29. The molecule has 0 atom stereocenters. The molecule has 0 unspecified atom stereocenters. The van der Waals surface area contributed by atoms with Crippen LogP contribution in [-0.2, 0) is 6.54 Å². The third-order valence-corrected chi connectivity index (χ3v) is 2.61. The zero-order chi connectivity index (χ0) is 12.0. The Bertz CT molecular complexity index is 324. The lowest BCUT2D eigenvalue weighted by Crippen LogP contribution is -2.38. The molecule has 0 saturated carbocycles. The van der Waals surface area contributed by atoms with E-state index in [1.54, 1.807) is 6.20 Å². The molecule has 88 valence electrons. The molecule has 1 aromatic heterocycles. The van der Waals surface area contributed by atoms with E-state index in [-0.39, 0.29) is 0 Å². The fraction of sp³-hybridized carbons (Fsp3) is 0.500. The van der Waals surface area contributed by atoms with Crippen molar-refractivity contribution >= 4 is 17.3 Å². The molecule has 4 heteroatoms. The summed E-state index contributed by atoms with van der Waals surface area (Å²) in [7, 11) is 1.99.